The van der Waals surface area contributed by atoms with Crippen LogP contribution < -0.4 is 5.32 Å². The summed E-state index contributed by atoms with van der Waals surface area (Å²) >= 11 is 0. The molecule has 7 nitrogen and oxygen atoms in total. The summed E-state index contributed by atoms with van der Waals surface area (Å²) in [5.41, 5.74) is 0.434. The monoisotopic (exact) mass is 426 g/mol. The normalized spacial score (nSPS) is 11.4. The first-order chi connectivity index (χ1) is 14.5. The maximum Gasteiger partial charge on any atom is 0.407 e. The van der Waals surface area contributed by atoms with E-state index in [9.17, 15) is 23.9 Å². The van der Waals surface area contributed by atoms with Crippen LogP contribution in [0, 0.1) is 5.82 Å². The van der Waals surface area contributed by atoms with Gasteiger partial charge in [-0.25, -0.2) is 13.8 Å². The Bertz CT molecular complexity index is 1170. The number of amides is 1. The highest BCUT2D eigenvalue weighted by atomic mass is 19.1. The van der Waals surface area contributed by atoms with Gasteiger partial charge < -0.3 is 15.2 Å². The summed E-state index contributed by atoms with van der Waals surface area (Å²) in [5.74, 6) is -2.18. The minimum atomic E-state index is -0.607. The van der Waals surface area contributed by atoms with E-state index < -0.39 is 35.1 Å². The van der Waals surface area contributed by atoms with Gasteiger partial charge in [-0.1, -0.05) is 24.3 Å². The lowest BCUT2D eigenvalue weighted by Crippen LogP contribution is -2.32. The molecule has 1 heterocycles. The fourth-order valence-electron chi connectivity index (χ4n) is 3.20. The van der Waals surface area contributed by atoms with Crippen molar-refractivity contribution in [2.45, 2.75) is 39.8 Å². The lowest BCUT2D eigenvalue weighted by atomic mass is 10.0. The van der Waals surface area contributed by atoms with Gasteiger partial charge in [-0.3, -0.25) is 9.59 Å². The van der Waals surface area contributed by atoms with Gasteiger partial charge in [0, 0.05) is 24.4 Å². The topological polar surface area (TPSA) is 97.6 Å². The molecular formula is C23H23FN2O5. The van der Waals surface area contributed by atoms with Gasteiger partial charge in [0.2, 0.25) is 11.8 Å². The SMILES string of the molecule is CC(=O)n1c(O)c(C(=O)c2ccc(CNC(=O)OC(C)(C)C)cc2)c2ccc(F)cc21. The molecule has 31 heavy (non-hydrogen) atoms. The maximum absolute atomic E-state index is 13.7. The number of aromatic hydroxyl groups is 1. The van der Waals surface area contributed by atoms with Crippen molar-refractivity contribution in [2.75, 3.05) is 0 Å². The largest absolute Gasteiger partial charge is 0.494 e. The third-order valence-corrected chi connectivity index (χ3v) is 4.50. The predicted molar refractivity (Wildman–Crippen MR) is 113 cm³/mol. The average Bonchev–Trinajstić information content (AvgIpc) is 2.96. The third kappa shape index (κ3) is 4.74. The van der Waals surface area contributed by atoms with Gasteiger partial charge in [0.15, 0.2) is 5.78 Å². The molecule has 0 aliphatic carbocycles. The molecule has 0 saturated carbocycles. The molecule has 1 amide bonds. The van der Waals surface area contributed by atoms with Crippen LogP contribution in [0.15, 0.2) is 42.5 Å². The molecule has 0 saturated heterocycles. The lowest BCUT2D eigenvalue weighted by Gasteiger charge is -2.19. The summed E-state index contributed by atoms with van der Waals surface area (Å²) in [6, 6.07) is 10.0. The van der Waals surface area contributed by atoms with Crippen molar-refractivity contribution >= 4 is 28.7 Å². The molecule has 0 unspecified atom stereocenters. The standard InChI is InChI=1S/C23H23FN2O5/c1-13(27)26-18-11-16(24)9-10-17(18)19(21(26)29)20(28)15-7-5-14(6-8-15)12-25-22(30)31-23(2,3)4/h5-11,29H,12H2,1-4H3,(H,25,30). The number of nitrogens with one attached hydrogen (secondary N) is 1. The molecule has 8 heteroatoms. The van der Waals surface area contributed by atoms with Gasteiger partial charge in [0.25, 0.3) is 0 Å². The van der Waals surface area contributed by atoms with Gasteiger partial charge in [-0.05, 0) is 44.5 Å². The first kappa shape index (κ1) is 22.0. The van der Waals surface area contributed by atoms with Crippen molar-refractivity contribution in [1.29, 1.82) is 0 Å². The number of ketones is 1. The van der Waals surface area contributed by atoms with Crippen LogP contribution in [0.4, 0.5) is 9.18 Å². The smallest absolute Gasteiger partial charge is 0.407 e. The Morgan fingerprint density at radius 3 is 2.32 bits per heavy atom. The molecule has 0 aliphatic heterocycles. The van der Waals surface area contributed by atoms with Crippen LogP contribution in [-0.4, -0.2) is 33.1 Å². The Morgan fingerprint density at radius 2 is 1.74 bits per heavy atom. The molecule has 2 N–H and O–H groups in total. The van der Waals surface area contributed by atoms with Crippen molar-refractivity contribution in [3.8, 4) is 5.88 Å². The van der Waals surface area contributed by atoms with Crippen LogP contribution in [0.3, 0.4) is 0 Å². The number of carbonyl (C=O) groups excluding carboxylic acids is 3. The first-order valence-corrected chi connectivity index (χ1v) is 9.62. The highest BCUT2D eigenvalue weighted by Crippen LogP contribution is 2.33. The van der Waals surface area contributed by atoms with Crippen molar-refractivity contribution in [1.82, 2.24) is 9.88 Å². The number of rotatable bonds is 4. The molecule has 0 spiro atoms. The summed E-state index contributed by atoms with van der Waals surface area (Å²) in [5, 5.41) is 13.4. The summed E-state index contributed by atoms with van der Waals surface area (Å²) in [6.07, 6.45) is -0.554. The van der Waals surface area contributed by atoms with Gasteiger partial charge in [0.05, 0.1) is 11.1 Å². The fraction of sp³-hybridized carbons (Fsp3) is 0.261. The quantitative estimate of drug-likeness (QED) is 0.603. The summed E-state index contributed by atoms with van der Waals surface area (Å²) in [6.45, 7) is 6.71. The van der Waals surface area contributed by atoms with Gasteiger partial charge >= 0.3 is 6.09 Å². The molecule has 0 atom stereocenters. The first-order valence-electron chi connectivity index (χ1n) is 9.62. The van der Waals surface area contributed by atoms with E-state index in [0.29, 0.717) is 0 Å². The highest BCUT2D eigenvalue weighted by molar-refractivity contribution is 6.19. The van der Waals surface area contributed by atoms with E-state index in [4.69, 9.17) is 4.74 Å². The summed E-state index contributed by atoms with van der Waals surface area (Å²) < 4.78 is 19.8. The maximum atomic E-state index is 13.7. The second kappa shape index (κ2) is 8.22. The Morgan fingerprint density at radius 1 is 1.10 bits per heavy atom. The number of alkyl carbamates (subject to hydrolysis) is 1. The van der Waals surface area contributed by atoms with Crippen LogP contribution in [0.5, 0.6) is 5.88 Å². The summed E-state index contributed by atoms with van der Waals surface area (Å²) in [4.78, 5) is 36.8. The number of hydrogen-bond donors (Lipinski definition) is 2. The number of carbonyl (C=O) groups is 3. The van der Waals surface area contributed by atoms with E-state index in [-0.39, 0.29) is 28.6 Å². The summed E-state index contributed by atoms with van der Waals surface area (Å²) in [7, 11) is 0. The number of ether oxygens (including phenoxy) is 1. The zero-order valence-electron chi connectivity index (χ0n) is 17.7. The average molecular weight is 426 g/mol. The number of fused-ring (bicyclic) bond motifs is 1. The molecule has 162 valence electrons. The highest BCUT2D eigenvalue weighted by Gasteiger charge is 2.25. The minimum Gasteiger partial charge on any atom is -0.494 e. The molecule has 0 radical (unpaired) electrons. The zero-order chi connectivity index (χ0) is 22.9. The van der Waals surface area contributed by atoms with Crippen LogP contribution in [0.25, 0.3) is 10.9 Å². The molecule has 0 aliphatic rings. The van der Waals surface area contributed by atoms with Crippen LogP contribution >= 0.6 is 0 Å². The van der Waals surface area contributed by atoms with E-state index in [1.165, 1.54) is 13.0 Å². The Kier molecular flexibility index (Phi) is 5.83. The van der Waals surface area contributed by atoms with Crippen molar-refractivity contribution in [2.24, 2.45) is 0 Å². The van der Waals surface area contributed by atoms with E-state index in [1.54, 1.807) is 45.0 Å². The van der Waals surface area contributed by atoms with E-state index in [0.717, 1.165) is 22.3 Å². The molecule has 1 aromatic heterocycles. The molecule has 3 aromatic rings. The molecular weight excluding hydrogens is 403 g/mol. The van der Waals surface area contributed by atoms with E-state index in [2.05, 4.69) is 5.32 Å². The van der Waals surface area contributed by atoms with Crippen molar-refractivity contribution in [3.63, 3.8) is 0 Å². The van der Waals surface area contributed by atoms with Gasteiger partial charge in [-0.15, -0.1) is 0 Å². The van der Waals surface area contributed by atoms with Crippen LogP contribution in [0.1, 0.15) is 54.0 Å². The molecule has 0 bridgehead atoms. The fourth-order valence-corrected chi connectivity index (χ4v) is 3.20. The van der Waals surface area contributed by atoms with E-state index in [1.807, 2.05) is 0 Å². The number of nitrogens with zero attached hydrogens (tertiary/aromatic N) is 1. The second-order valence-electron chi connectivity index (χ2n) is 8.10. The van der Waals surface area contributed by atoms with Crippen molar-refractivity contribution < 1.29 is 28.6 Å². The van der Waals surface area contributed by atoms with Gasteiger partial charge in [0.1, 0.15) is 11.4 Å². The van der Waals surface area contributed by atoms with Crippen LogP contribution in [0.2, 0.25) is 0 Å². The van der Waals surface area contributed by atoms with E-state index >= 15 is 0 Å². The lowest BCUT2D eigenvalue weighted by molar-refractivity contribution is 0.0523. The molecule has 0 fully saturated rings. The van der Waals surface area contributed by atoms with Gasteiger partial charge in [-0.2, -0.15) is 0 Å². The van der Waals surface area contributed by atoms with Crippen molar-refractivity contribution in [3.05, 3.63) is 65.0 Å². The molecule has 2 aromatic carbocycles. The molecule has 3 rings (SSSR count). The number of halogens is 1. The van der Waals surface area contributed by atoms with Crippen LogP contribution in [-0.2, 0) is 11.3 Å². The zero-order valence-corrected chi connectivity index (χ0v) is 17.7. The third-order valence-electron chi connectivity index (χ3n) is 4.50. The number of hydrogen-bond acceptors (Lipinski definition) is 5. The number of aromatic nitrogens is 1. The number of benzene rings is 2. The Hall–Kier alpha value is -3.68. The second-order valence-corrected chi connectivity index (χ2v) is 8.10. The predicted octanol–water partition coefficient (Wildman–Crippen LogP) is 4.40. The Labute approximate surface area is 178 Å². The Balaban J connectivity index is 1.86. The minimum absolute atomic E-state index is 0.0789.